The zero-order valence-electron chi connectivity index (χ0n) is 14.3. The summed E-state index contributed by atoms with van der Waals surface area (Å²) in [5.41, 5.74) is 2.25. The molecule has 0 radical (unpaired) electrons. The predicted molar refractivity (Wildman–Crippen MR) is 98.2 cm³/mol. The van der Waals surface area contributed by atoms with Crippen molar-refractivity contribution in [3.63, 3.8) is 0 Å². The van der Waals surface area contributed by atoms with Crippen molar-refractivity contribution in [3.8, 4) is 11.3 Å². The van der Waals surface area contributed by atoms with Crippen LogP contribution in [0, 0.1) is 0 Å². The molecular formula is C19H23NO2S. The predicted octanol–water partition coefficient (Wildman–Crippen LogP) is 6.18. The van der Waals surface area contributed by atoms with Crippen LogP contribution in [0.5, 0.6) is 0 Å². The summed E-state index contributed by atoms with van der Waals surface area (Å²) in [5.74, 6) is 0. The van der Waals surface area contributed by atoms with Crippen molar-refractivity contribution < 1.29 is 9.53 Å². The van der Waals surface area contributed by atoms with E-state index in [1.54, 1.807) is 15.9 Å². The van der Waals surface area contributed by atoms with Crippen molar-refractivity contribution in [2.75, 3.05) is 0 Å². The van der Waals surface area contributed by atoms with Crippen LogP contribution in [0.1, 0.15) is 34.6 Å². The van der Waals surface area contributed by atoms with Crippen molar-refractivity contribution >= 4 is 27.6 Å². The molecule has 0 aliphatic rings. The van der Waals surface area contributed by atoms with Gasteiger partial charge in [0.2, 0.25) is 0 Å². The van der Waals surface area contributed by atoms with Gasteiger partial charge in [0, 0.05) is 0 Å². The lowest BCUT2D eigenvalue weighted by molar-refractivity contribution is 0.0547. The van der Waals surface area contributed by atoms with E-state index in [9.17, 15) is 4.79 Å². The maximum atomic E-state index is 12.6. The number of thiophene rings is 1. The standard InChI is InChI=1S/C17H17NO2S.C2H6/c1-17(2,3)20-16(19)18-13-9-10-21-15(13)11-14(18)12-7-5-4-6-8-12;1-2/h4-11H,1-3H3;1-2H3. The Hall–Kier alpha value is -2.07. The Balaban J connectivity index is 0.000000924. The quantitative estimate of drug-likeness (QED) is 0.534. The number of hydrogen-bond donors (Lipinski definition) is 0. The fraction of sp³-hybridized carbons (Fsp3) is 0.316. The molecule has 0 atom stereocenters. The molecule has 0 fully saturated rings. The number of aromatic nitrogens is 1. The molecule has 1 aromatic carbocycles. The Morgan fingerprint density at radius 1 is 1.09 bits per heavy atom. The first kappa shape index (κ1) is 17.3. The summed E-state index contributed by atoms with van der Waals surface area (Å²) in [6.45, 7) is 9.63. The SMILES string of the molecule is CC.CC(C)(C)OC(=O)n1c(-c2ccccc2)cc2sccc21. The summed E-state index contributed by atoms with van der Waals surface area (Å²) in [6.07, 6.45) is -0.338. The van der Waals surface area contributed by atoms with Gasteiger partial charge in [-0.1, -0.05) is 44.2 Å². The second-order valence-corrected chi connectivity index (χ2v) is 6.83. The Kier molecular flexibility index (Phi) is 5.26. The van der Waals surface area contributed by atoms with Gasteiger partial charge in [-0.15, -0.1) is 11.3 Å². The summed E-state index contributed by atoms with van der Waals surface area (Å²) in [5, 5.41) is 1.99. The molecule has 0 N–H and O–H groups in total. The highest BCUT2D eigenvalue weighted by Crippen LogP contribution is 2.32. The molecule has 122 valence electrons. The zero-order valence-corrected chi connectivity index (χ0v) is 15.1. The average Bonchev–Trinajstić information content (AvgIpc) is 3.08. The molecule has 23 heavy (non-hydrogen) atoms. The maximum absolute atomic E-state index is 12.6. The Morgan fingerprint density at radius 3 is 2.35 bits per heavy atom. The van der Waals surface area contributed by atoms with Crippen molar-refractivity contribution in [1.29, 1.82) is 0 Å². The lowest BCUT2D eigenvalue weighted by Gasteiger charge is -2.20. The number of fused-ring (bicyclic) bond motifs is 1. The van der Waals surface area contributed by atoms with Gasteiger partial charge in [-0.05, 0) is 43.8 Å². The van der Waals surface area contributed by atoms with Gasteiger partial charge in [0.1, 0.15) is 5.60 Å². The van der Waals surface area contributed by atoms with Gasteiger partial charge in [-0.2, -0.15) is 0 Å². The van der Waals surface area contributed by atoms with Crippen LogP contribution in [0.3, 0.4) is 0 Å². The first-order chi connectivity index (χ1) is 11.0. The highest BCUT2D eigenvalue weighted by molar-refractivity contribution is 7.17. The van der Waals surface area contributed by atoms with E-state index in [1.165, 1.54) is 0 Å². The smallest absolute Gasteiger partial charge is 0.419 e. The summed E-state index contributed by atoms with van der Waals surface area (Å²) >= 11 is 1.62. The molecule has 0 aliphatic heterocycles. The van der Waals surface area contributed by atoms with Crippen LogP contribution in [0.2, 0.25) is 0 Å². The summed E-state index contributed by atoms with van der Waals surface area (Å²) in [4.78, 5) is 12.6. The average molecular weight is 329 g/mol. The van der Waals surface area contributed by atoms with Crippen molar-refractivity contribution in [2.45, 2.75) is 40.2 Å². The van der Waals surface area contributed by atoms with Gasteiger partial charge < -0.3 is 4.74 Å². The number of rotatable bonds is 1. The van der Waals surface area contributed by atoms with E-state index in [0.717, 1.165) is 21.5 Å². The molecule has 0 aliphatic carbocycles. The Bertz CT molecular complexity index is 779. The van der Waals surface area contributed by atoms with E-state index >= 15 is 0 Å². The monoisotopic (exact) mass is 329 g/mol. The van der Waals surface area contributed by atoms with Crippen LogP contribution in [-0.4, -0.2) is 16.3 Å². The second-order valence-electron chi connectivity index (χ2n) is 5.88. The number of hydrogen-bond acceptors (Lipinski definition) is 3. The topological polar surface area (TPSA) is 31.2 Å². The van der Waals surface area contributed by atoms with Crippen molar-refractivity contribution in [1.82, 2.24) is 4.57 Å². The minimum Gasteiger partial charge on any atom is -0.443 e. The highest BCUT2D eigenvalue weighted by Gasteiger charge is 2.23. The second kappa shape index (κ2) is 7.01. The maximum Gasteiger partial charge on any atom is 0.419 e. The Morgan fingerprint density at radius 2 is 1.74 bits per heavy atom. The van der Waals surface area contributed by atoms with E-state index in [1.807, 2.05) is 82.5 Å². The summed E-state index contributed by atoms with van der Waals surface area (Å²) in [6, 6.07) is 13.9. The third-order valence-corrected chi connectivity index (χ3v) is 3.92. The molecule has 0 spiro atoms. The number of ether oxygens (including phenoxy) is 1. The van der Waals surface area contributed by atoms with E-state index in [4.69, 9.17) is 4.74 Å². The number of benzene rings is 1. The number of carbonyl (C=O) groups excluding carboxylic acids is 1. The molecular weight excluding hydrogens is 306 g/mol. The van der Waals surface area contributed by atoms with Gasteiger partial charge in [0.25, 0.3) is 0 Å². The summed E-state index contributed by atoms with van der Waals surface area (Å²) in [7, 11) is 0. The molecule has 2 heterocycles. The molecule has 3 rings (SSSR count). The molecule has 0 bridgehead atoms. The van der Waals surface area contributed by atoms with Gasteiger partial charge in [0.05, 0.1) is 15.9 Å². The van der Waals surface area contributed by atoms with Crippen LogP contribution in [0.25, 0.3) is 21.5 Å². The lowest BCUT2D eigenvalue weighted by Crippen LogP contribution is -2.27. The van der Waals surface area contributed by atoms with Crippen LogP contribution >= 0.6 is 11.3 Å². The van der Waals surface area contributed by atoms with Crippen molar-refractivity contribution in [3.05, 3.63) is 47.8 Å². The molecule has 3 aromatic rings. The highest BCUT2D eigenvalue weighted by atomic mass is 32.1. The first-order valence-electron chi connectivity index (χ1n) is 7.83. The summed E-state index contributed by atoms with van der Waals surface area (Å²) < 4.78 is 8.29. The normalized spacial score (nSPS) is 11.0. The molecule has 3 nitrogen and oxygen atoms in total. The largest absolute Gasteiger partial charge is 0.443 e. The third kappa shape index (κ3) is 3.82. The van der Waals surface area contributed by atoms with Gasteiger partial charge in [0.15, 0.2) is 0 Å². The van der Waals surface area contributed by atoms with E-state index in [-0.39, 0.29) is 6.09 Å². The molecule has 0 amide bonds. The van der Waals surface area contributed by atoms with Crippen LogP contribution < -0.4 is 0 Å². The van der Waals surface area contributed by atoms with Gasteiger partial charge >= 0.3 is 6.09 Å². The van der Waals surface area contributed by atoms with E-state index < -0.39 is 5.60 Å². The minimum atomic E-state index is -0.516. The first-order valence-corrected chi connectivity index (χ1v) is 8.71. The van der Waals surface area contributed by atoms with Crippen LogP contribution in [0.15, 0.2) is 47.8 Å². The van der Waals surface area contributed by atoms with Gasteiger partial charge in [-0.3, -0.25) is 0 Å². The van der Waals surface area contributed by atoms with Gasteiger partial charge in [-0.25, -0.2) is 9.36 Å². The number of nitrogens with zero attached hydrogens (tertiary/aromatic N) is 1. The molecule has 0 unspecified atom stereocenters. The van der Waals surface area contributed by atoms with E-state index in [0.29, 0.717) is 0 Å². The fourth-order valence-corrected chi connectivity index (χ4v) is 3.05. The van der Waals surface area contributed by atoms with Crippen LogP contribution in [-0.2, 0) is 4.74 Å². The van der Waals surface area contributed by atoms with Crippen LogP contribution in [0.4, 0.5) is 4.79 Å². The minimum absolute atomic E-state index is 0.338. The lowest BCUT2D eigenvalue weighted by atomic mass is 10.1. The molecule has 4 heteroatoms. The number of carbonyl (C=O) groups is 1. The van der Waals surface area contributed by atoms with E-state index in [2.05, 4.69) is 0 Å². The molecule has 0 saturated carbocycles. The van der Waals surface area contributed by atoms with Crippen molar-refractivity contribution in [2.24, 2.45) is 0 Å². The fourth-order valence-electron chi connectivity index (χ4n) is 2.25. The molecule has 2 aromatic heterocycles. The third-order valence-electron chi connectivity index (χ3n) is 3.07. The Labute approximate surface area is 141 Å². The molecule has 0 saturated heterocycles. The zero-order chi connectivity index (χ0) is 17.0.